The second-order valence-electron chi connectivity index (χ2n) is 10.6. The summed E-state index contributed by atoms with van der Waals surface area (Å²) in [4.78, 5) is -0.100. The summed E-state index contributed by atoms with van der Waals surface area (Å²) < 4.78 is 94.7. The van der Waals surface area contributed by atoms with Crippen LogP contribution >= 0.6 is 11.6 Å². The Balaban J connectivity index is 1.55. The van der Waals surface area contributed by atoms with Gasteiger partial charge in [-0.25, -0.2) is 25.6 Å². The molecule has 0 unspecified atom stereocenters. The highest BCUT2D eigenvalue weighted by Gasteiger charge is 2.61. The van der Waals surface area contributed by atoms with Gasteiger partial charge in [-0.3, -0.25) is 0 Å². The average Bonchev–Trinajstić information content (AvgIpc) is 3.29. The third-order valence-corrected chi connectivity index (χ3v) is 12.8. The minimum Gasteiger partial charge on any atom is -0.490 e. The Bertz CT molecular complexity index is 1430. The van der Waals surface area contributed by atoms with Crippen LogP contribution in [0.5, 0.6) is 5.75 Å². The molecule has 2 saturated heterocycles. The summed E-state index contributed by atoms with van der Waals surface area (Å²) in [6.45, 7) is 2.28. The largest absolute Gasteiger partial charge is 0.490 e. The molecule has 208 valence electrons. The molecule has 0 bridgehead atoms. The van der Waals surface area contributed by atoms with Crippen molar-refractivity contribution in [1.82, 2.24) is 5.32 Å². The van der Waals surface area contributed by atoms with Crippen molar-refractivity contribution in [3.05, 3.63) is 58.6 Å². The summed E-state index contributed by atoms with van der Waals surface area (Å²) in [7, 11) is -7.88. The molecule has 4 atom stereocenters. The highest BCUT2D eigenvalue weighted by atomic mass is 35.5. The van der Waals surface area contributed by atoms with Crippen molar-refractivity contribution in [2.24, 2.45) is 5.92 Å². The van der Waals surface area contributed by atoms with Crippen LogP contribution in [0.3, 0.4) is 0 Å². The molecule has 5 rings (SSSR count). The Kier molecular flexibility index (Phi) is 7.30. The molecule has 2 fully saturated rings. The monoisotopic (exact) mass is 589 g/mol. The van der Waals surface area contributed by atoms with Crippen LogP contribution in [0.25, 0.3) is 0 Å². The zero-order valence-corrected chi connectivity index (χ0v) is 23.3. The van der Waals surface area contributed by atoms with E-state index in [-0.39, 0.29) is 48.0 Å². The van der Waals surface area contributed by atoms with E-state index in [1.54, 1.807) is 0 Å². The quantitative estimate of drug-likeness (QED) is 0.521. The zero-order valence-electron chi connectivity index (χ0n) is 20.9. The van der Waals surface area contributed by atoms with Crippen molar-refractivity contribution in [3.8, 4) is 5.75 Å². The Hall–Kier alpha value is -1.79. The average molecular weight is 590 g/mol. The maximum atomic E-state index is 15.5. The summed E-state index contributed by atoms with van der Waals surface area (Å²) in [5.74, 6) is -3.47. The number of halogens is 3. The third kappa shape index (κ3) is 4.74. The molecule has 0 saturated carbocycles. The van der Waals surface area contributed by atoms with Gasteiger partial charge in [0.05, 0.1) is 34.7 Å². The Morgan fingerprint density at radius 3 is 2.45 bits per heavy atom. The van der Waals surface area contributed by atoms with Crippen LogP contribution in [-0.4, -0.2) is 59.7 Å². The van der Waals surface area contributed by atoms with Gasteiger partial charge in [-0.1, -0.05) is 11.6 Å². The summed E-state index contributed by atoms with van der Waals surface area (Å²) >= 11 is 5.98. The van der Waals surface area contributed by atoms with Gasteiger partial charge >= 0.3 is 0 Å². The standard InChI is InChI=1S/C26H30ClF2NO6S2/c1-25(10-2-12-30-25)16-37(31,32)14-9-22-19-15-36-24-21(29)8-7-20(28)23(24)26(19,11-13-35-22)38(33,34)18-5-3-17(27)4-6-18/h3-8,19,22,30H,2,9-16H2,1H3/t19-,22-,25-,26-/m0/s1. The Morgan fingerprint density at radius 1 is 1.05 bits per heavy atom. The Morgan fingerprint density at radius 2 is 1.76 bits per heavy atom. The molecule has 2 aromatic rings. The number of ether oxygens (including phenoxy) is 2. The van der Waals surface area contributed by atoms with Gasteiger partial charge in [-0.05, 0) is 75.5 Å². The van der Waals surface area contributed by atoms with E-state index in [4.69, 9.17) is 21.1 Å². The zero-order chi connectivity index (χ0) is 27.3. The number of fused-ring (bicyclic) bond motifs is 3. The van der Waals surface area contributed by atoms with E-state index in [9.17, 15) is 21.2 Å². The van der Waals surface area contributed by atoms with Gasteiger partial charge in [-0.2, -0.15) is 0 Å². The number of hydrogen-bond acceptors (Lipinski definition) is 7. The lowest BCUT2D eigenvalue weighted by Gasteiger charge is -2.50. The lowest BCUT2D eigenvalue weighted by Crippen LogP contribution is -2.57. The fourth-order valence-electron chi connectivity index (χ4n) is 6.27. The second-order valence-corrected chi connectivity index (χ2v) is 15.5. The number of rotatable bonds is 7. The Labute approximate surface area is 226 Å². The lowest BCUT2D eigenvalue weighted by atomic mass is 9.75. The number of sulfone groups is 2. The minimum atomic E-state index is -4.35. The summed E-state index contributed by atoms with van der Waals surface area (Å²) in [5, 5.41) is 3.57. The van der Waals surface area contributed by atoms with Crippen molar-refractivity contribution in [1.29, 1.82) is 0 Å². The molecule has 12 heteroatoms. The molecule has 3 aliphatic heterocycles. The molecule has 7 nitrogen and oxygen atoms in total. The molecular formula is C26H30ClF2NO6S2. The topological polar surface area (TPSA) is 98.8 Å². The van der Waals surface area contributed by atoms with Crippen LogP contribution in [-0.2, 0) is 29.2 Å². The molecule has 0 spiro atoms. The summed E-state index contributed by atoms with van der Waals surface area (Å²) in [5.41, 5.74) is -0.885. The maximum absolute atomic E-state index is 15.5. The van der Waals surface area contributed by atoms with Gasteiger partial charge < -0.3 is 14.8 Å². The van der Waals surface area contributed by atoms with Crippen molar-refractivity contribution in [3.63, 3.8) is 0 Å². The maximum Gasteiger partial charge on any atom is 0.189 e. The summed E-state index contributed by atoms with van der Waals surface area (Å²) in [6, 6.07) is 7.30. The van der Waals surface area contributed by atoms with E-state index >= 15 is 4.39 Å². The molecule has 0 amide bonds. The normalized spacial score (nSPS) is 29.4. The van der Waals surface area contributed by atoms with Gasteiger partial charge in [0.25, 0.3) is 0 Å². The first-order valence-electron chi connectivity index (χ1n) is 12.6. The predicted octanol–water partition coefficient (Wildman–Crippen LogP) is 4.03. The molecule has 38 heavy (non-hydrogen) atoms. The number of nitrogens with one attached hydrogen (secondary N) is 1. The molecule has 3 aliphatic rings. The van der Waals surface area contributed by atoms with Gasteiger partial charge in [0.15, 0.2) is 31.2 Å². The van der Waals surface area contributed by atoms with Crippen LogP contribution in [0, 0.1) is 17.6 Å². The van der Waals surface area contributed by atoms with E-state index in [1.165, 1.54) is 24.3 Å². The SMILES string of the molecule is C[C@@]1(CS(=O)(=O)CC[C@@H]2OCC[C@@]3(S(=O)(=O)c4ccc(Cl)cc4)c4c(F)ccc(F)c4OC[C@@H]23)CCCN1. The molecule has 0 aliphatic carbocycles. The molecule has 2 aromatic carbocycles. The lowest BCUT2D eigenvalue weighted by molar-refractivity contribution is -0.0732. The summed E-state index contributed by atoms with van der Waals surface area (Å²) in [6.07, 6.45) is 0.610. The third-order valence-electron chi connectivity index (χ3n) is 8.05. The van der Waals surface area contributed by atoms with Crippen LogP contribution in [0.2, 0.25) is 5.02 Å². The molecule has 0 radical (unpaired) electrons. The number of hydrogen-bond donors (Lipinski definition) is 1. The van der Waals surface area contributed by atoms with Gasteiger partial charge in [0.2, 0.25) is 0 Å². The van der Waals surface area contributed by atoms with E-state index in [0.717, 1.165) is 31.5 Å². The fourth-order valence-corrected chi connectivity index (χ4v) is 10.7. The van der Waals surface area contributed by atoms with Crippen LogP contribution in [0.1, 0.15) is 38.2 Å². The highest BCUT2D eigenvalue weighted by Crippen LogP contribution is 2.56. The fraction of sp³-hybridized carbons (Fsp3) is 0.538. The molecule has 3 heterocycles. The molecule has 1 N–H and O–H groups in total. The van der Waals surface area contributed by atoms with Crippen molar-refractivity contribution in [2.45, 2.75) is 53.9 Å². The predicted molar refractivity (Wildman–Crippen MR) is 139 cm³/mol. The van der Waals surface area contributed by atoms with Crippen LogP contribution in [0.15, 0.2) is 41.3 Å². The van der Waals surface area contributed by atoms with E-state index < -0.39 is 59.4 Å². The van der Waals surface area contributed by atoms with Crippen molar-refractivity contribution < 1.29 is 35.1 Å². The second kappa shape index (κ2) is 9.99. The first-order chi connectivity index (χ1) is 17.9. The van der Waals surface area contributed by atoms with Gasteiger partial charge in [-0.15, -0.1) is 0 Å². The van der Waals surface area contributed by atoms with E-state index in [2.05, 4.69) is 5.32 Å². The van der Waals surface area contributed by atoms with Crippen LogP contribution < -0.4 is 10.1 Å². The number of benzene rings is 2. The highest BCUT2D eigenvalue weighted by molar-refractivity contribution is 7.92. The van der Waals surface area contributed by atoms with Gasteiger partial charge in [0.1, 0.15) is 10.6 Å². The van der Waals surface area contributed by atoms with Crippen molar-refractivity contribution >= 4 is 31.3 Å². The first-order valence-corrected chi connectivity index (χ1v) is 16.3. The minimum absolute atomic E-state index is 0.00338. The smallest absolute Gasteiger partial charge is 0.189 e. The van der Waals surface area contributed by atoms with Crippen molar-refractivity contribution in [2.75, 3.05) is 31.3 Å². The van der Waals surface area contributed by atoms with E-state index in [0.29, 0.717) is 5.02 Å². The van der Waals surface area contributed by atoms with Gasteiger partial charge in [0, 0.05) is 23.1 Å². The molecular weight excluding hydrogens is 560 g/mol. The van der Waals surface area contributed by atoms with E-state index in [1.807, 2.05) is 6.92 Å². The molecule has 0 aromatic heterocycles. The first kappa shape index (κ1) is 27.8. The van der Waals surface area contributed by atoms with Crippen LogP contribution in [0.4, 0.5) is 8.78 Å².